The maximum absolute atomic E-state index is 4.31. The molecule has 3 heterocycles. The molecule has 0 atom stereocenters. The van der Waals surface area contributed by atoms with Crippen molar-refractivity contribution in [2.24, 2.45) is 0 Å². The van der Waals surface area contributed by atoms with E-state index in [1.807, 2.05) is 12.3 Å². The Morgan fingerprint density at radius 2 is 2.05 bits per heavy atom. The van der Waals surface area contributed by atoms with Gasteiger partial charge in [0.25, 0.3) is 0 Å². The topological polar surface area (TPSA) is 69.7 Å². The number of rotatable bonds is 4. The van der Waals surface area contributed by atoms with Gasteiger partial charge in [0, 0.05) is 49.3 Å². The highest BCUT2D eigenvalue weighted by molar-refractivity contribution is 5.29. The Labute approximate surface area is 118 Å². The van der Waals surface area contributed by atoms with Gasteiger partial charge in [0.15, 0.2) is 0 Å². The summed E-state index contributed by atoms with van der Waals surface area (Å²) < 4.78 is 0. The Balaban J connectivity index is 1.48. The van der Waals surface area contributed by atoms with Crippen molar-refractivity contribution in [1.82, 2.24) is 25.5 Å². The van der Waals surface area contributed by atoms with Crippen LogP contribution in [0.5, 0.6) is 0 Å². The largest absolute Gasteiger partial charge is 0.341 e. The van der Waals surface area contributed by atoms with E-state index in [1.165, 1.54) is 5.56 Å². The number of aromatic amines is 1. The first-order chi connectivity index (χ1) is 9.83. The molecule has 20 heavy (non-hydrogen) atoms. The third-order valence-corrected chi connectivity index (χ3v) is 3.85. The lowest BCUT2D eigenvalue weighted by molar-refractivity contribution is 0.411. The number of aromatic nitrogens is 4. The zero-order valence-electron chi connectivity index (χ0n) is 11.7. The second kappa shape index (κ2) is 6.00. The molecule has 1 saturated heterocycles. The predicted molar refractivity (Wildman–Crippen MR) is 77.4 cm³/mol. The van der Waals surface area contributed by atoms with Crippen LogP contribution in [0.25, 0.3) is 0 Å². The van der Waals surface area contributed by atoms with Crippen LogP contribution in [0.4, 0.5) is 5.95 Å². The molecule has 0 spiro atoms. The zero-order valence-corrected chi connectivity index (χ0v) is 11.7. The predicted octanol–water partition coefficient (Wildman–Crippen LogP) is 1.27. The first kappa shape index (κ1) is 13.1. The molecule has 1 aliphatic heterocycles. The Kier molecular flexibility index (Phi) is 3.92. The molecule has 1 aliphatic rings. The van der Waals surface area contributed by atoms with Crippen molar-refractivity contribution >= 4 is 5.95 Å². The molecular weight excluding hydrogens is 252 g/mol. The molecule has 2 aromatic heterocycles. The average Bonchev–Trinajstić information content (AvgIpc) is 2.92. The van der Waals surface area contributed by atoms with E-state index in [2.05, 4.69) is 37.3 Å². The van der Waals surface area contributed by atoms with Crippen molar-refractivity contribution in [1.29, 1.82) is 0 Å². The fourth-order valence-electron chi connectivity index (χ4n) is 2.55. The minimum absolute atomic E-state index is 0.560. The van der Waals surface area contributed by atoms with Gasteiger partial charge in [-0.2, -0.15) is 5.10 Å². The van der Waals surface area contributed by atoms with Gasteiger partial charge in [0.1, 0.15) is 0 Å². The molecule has 6 heteroatoms. The Hall–Kier alpha value is -1.95. The lowest BCUT2D eigenvalue weighted by Gasteiger charge is -2.32. The van der Waals surface area contributed by atoms with Crippen molar-refractivity contribution in [2.75, 3.05) is 18.0 Å². The van der Waals surface area contributed by atoms with Gasteiger partial charge < -0.3 is 10.2 Å². The van der Waals surface area contributed by atoms with E-state index >= 15 is 0 Å². The van der Waals surface area contributed by atoms with Gasteiger partial charge in [-0.15, -0.1) is 0 Å². The van der Waals surface area contributed by atoms with Crippen molar-refractivity contribution in [3.05, 3.63) is 35.9 Å². The lowest BCUT2D eigenvalue weighted by atomic mass is 10.0. The summed E-state index contributed by atoms with van der Waals surface area (Å²) >= 11 is 0. The van der Waals surface area contributed by atoms with Gasteiger partial charge in [-0.1, -0.05) is 0 Å². The minimum atomic E-state index is 0.560. The number of nitrogens with one attached hydrogen (secondary N) is 2. The number of piperidine rings is 1. The van der Waals surface area contributed by atoms with Crippen LogP contribution in [0.1, 0.15) is 24.1 Å². The third-order valence-electron chi connectivity index (χ3n) is 3.85. The summed E-state index contributed by atoms with van der Waals surface area (Å²) in [6.45, 7) is 4.95. The molecule has 0 saturated carbocycles. The average molecular weight is 272 g/mol. The summed E-state index contributed by atoms with van der Waals surface area (Å²) in [5.41, 5.74) is 2.39. The molecule has 1 fully saturated rings. The molecule has 106 valence electrons. The lowest BCUT2D eigenvalue weighted by Crippen LogP contribution is -2.42. The number of hydrogen-bond acceptors (Lipinski definition) is 5. The third kappa shape index (κ3) is 2.96. The van der Waals surface area contributed by atoms with Gasteiger partial charge in [-0.25, -0.2) is 9.97 Å². The molecule has 0 bridgehead atoms. The first-order valence-corrected chi connectivity index (χ1v) is 7.07. The number of H-pyrrole nitrogens is 1. The summed E-state index contributed by atoms with van der Waals surface area (Å²) in [6.07, 6.45) is 7.74. The van der Waals surface area contributed by atoms with Crippen LogP contribution in [0.3, 0.4) is 0 Å². The molecule has 3 rings (SSSR count). The molecular formula is C14H20N6. The first-order valence-electron chi connectivity index (χ1n) is 7.07. The summed E-state index contributed by atoms with van der Waals surface area (Å²) in [5.74, 6) is 0.844. The van der Waals surface area contributed by atoms with Gasteiger partial charge in [-0.05, 0) is 25.8 Å². The van der Waals surface area contributed by atoms with Crippen LogP contribution in [0.2, 0.25) is 0 Å². The highest BCUT2D eigenvalue weighted by Crippen LogP contribution is 2.15. The smallest absolute Gasteiger partial charge is 0.225 e. The fourth-order valence-corrected chi connectivity index (χ4v) is 2.55. The van der Waals surface area contributed by atoms with E-state index < -0.39 is 0 Å². The minimum Gasteiger partial charge on any atom is -0.341 e. The van der Waals surface area contributed by atoms with Gasteiger partial charge in [0.2, 0.25) is 5.95 Å². The molecule has 0 unspecified atom stereocenters. The molecule has 0 radical (unpaired) electrons. The normalized spacial score (nSPS) is 16.6. The highest BCUT2D eigenvalue weighted by atomic mass is 15.3. The zero-order chi connectivity index (χ0) is 13.8. The van der Waals surface area contributed by atoms with Gasteiger partial charge in [-0.3, -0.25) is 5.10 Å². The number of hydrogen-bond donors (Lipinski definition) is 2. The summed E-state index contributed by atoms with van der Waals surface area (Å²) in [4.78, 5) is 10.9. The second-order valence-electron chi connectivity index (χ2n) is 5.21. The molecule has 0 aliphatic carbocycles. The maximum atomic E-state index is 4.31. The van der Waals surface area contributed by atoms with Crippen molar-refractivity contribution in [3.8, 4) is 0 Å². The van der Waals surface area contributed by atoms with Crippen LogP contribution < -0.4 is 10.2 Å². The standard InChI is InChI=1S/C14H20N6/c1-11-12(10-18-19-11)9-17-13-3-7-20(8-4-13)14-15-5-2-6-16-14/h2,5-6,10,13,17H,3-4,7-9H2,1H3,(H,18,19). The van der Waals surface area contributed by atoms with Crippen molar-refractivity contribution in [3.63, 3.8) is 0 Å². The molecule has 0 amide bonds. The van der Waals surface area contributed by atoms with Crippen LogP contribution in [-0.4, -0.2) is 39.3 Å². The highest BCUT2D eigenvalue weighted by Gasteiger charge is 2.20. The summed E-state index contributed by atoms with van der Waals surface area (Å²) in [6, 6.07) is 2.41. The SMILES string of the molecule is Cc1[nH]ncc1CNC1CCN(c2ncccn2)CC1. The van der Waals surface area contributed by atoms with Gasteiger partial charge >= 0.3 is 0 Å². The quantitative estimate of drug-likeness (QED) is 0.877. The molecule has 2 N–H and O–H groups in total. The maximum Gasteiger partial charge on any atom is 0.225 e. The Morgan fingerprint density at radius 3 is 2.70 bits per heavy atom. The van der Waals surface area contributed by atoms with E-state index in [1.54, 1.807) is 12.4 Å². The van der Waals surface area contributed by atoms with E-state index in [-0.39, 0.29) is 0 Å². The van der Waals surface area contributed by atoms with Crippen LogP contribution >= 0.6 is 0 Å². The van der Waals surface area contributed by atoms with Crippen molar-refractivity contribution < 1.29 is 0 Å². The fraction of sp³-hybridized carbons (Fsp3) is 0.500. The van der Waals surface area contributed by atoms with Gasteiger partial charge in [0.05, 0.1) is 6.20 Å². The van der Waals surface area contributed by atoms with Crippen LogP contribution in [0, 0.1) is 6.92 Å². The van der Waals surface area contributed by atoms with E-state index in [0.29, 0.717) is 6.04 Å². The number of aryl methyl sites for hydroxylation is 1. The van der Waals surface area contributed by atoms with Crippen molar-refractivity contribution in [2.45, 2.75) is 32.4 Å². The Bertz CT molecular complexity index is 530. The van der Waals surface area contributed by atoms with E-state index in [9.17, 15) is 0 Å². The molecule has 0 aromatic carbocycles. The van der Waals surface area contributed by atoms with Crippen LogP contribution in [-0.2, 0) is 6.54 Å². The number of nitrogens with zero attached hydrogens (tertiary/aromatic N) is 4. The Morgan fingerprint density at radius 1 is 1.30 bits per heavy atom. The van der Waals surface area contributed by atoms with Crippen LogP contribution in [0.15, 0.2) is 24.7 Å². The number of anilines is 1. The monoisotopic (exact) mass is 272 g/mol. The second-order valence-corrected chi connectivity index (χ2v) is 5.21. The summed E-state index contributed by atoms with van der Waals surface area (Å²) in [7, 11) is 0. The summed E-state index contributed by atoms with van der Waals surface area (Å²) in [5, 5.41) is 10.6. The van der Waals surface area contributed by atoms with E-state index in [4.69, 9.17) is 0 Å². The molecule has 2 aromatic rings. The molecule has 6 nitrogen and oxygen atoms in total. The van der Waals surface area contributed by atoms with E-state index in [0.717, 1.165) is 44.1 Å².